The Labute approximate surface area is 86.3 Å². The molecule has 3 N–H and O–H groups in total. The van der Waals surface area contributed by atoms with Gasteiger partial charge in [-0.25, -0.2) is 0 Å². The molecule has 1 unspecified atom stereocenters. The summed E-state index contributed by atoms with van der Waals surface area (Å²) in [5.41, 5.74) is 4.86. The fourth-order valence-corrected chi connectivity index (χ4v) is 1.22. The molecule has 6 heteroatoms. The van der Waals surface area contributed by atoms with Crippen LogP contribution in [-0.2, 0) is 4.74 Å². The summed E-state index contributed by atoms with van der Waals surface area (Å²) in [6.07, 6.45) is -1.37. The van der Waals surface area contributed by atoms with E-state index in [1.165, 1.54) is 0 Å². The minimum Gasteiger partial charge on any atom is -0.387 e. The first-order valence-corrected chi connectivity index (χ1v) is 4.89. The van der Waals surface area contributed by atoms with Gasteiger partial charge < -0.3 is 10.5 Å². The van der Waals surface area contributed by atoms with Gasteiger partial charge in [-0.2, -0.15) is 13.2 Å². The van der Waals surface area contributed by atoms with Gasteiger partial charge in [0, 0.05) is 6.61 Å². The SMILES string of the molecule is N=C(N)C(COCCC1CC1)C(F)(F)F. The Morgan fingerprint density at radius 2 is 2.07 bits per heavy atom. The number of hydrogen-bond acceptors (Lipinski definition) is 2. The molecule has 1 atom stereocenters. The lowest BCUT2D eigenvalue weighted by Gasteiger charge is -2.18. The molecule has 1 saturated carbocycles. The van der Waals surface area contributed by atoms with Gasteiger partial charge in [0.1, 0.15) is 11.8 Å². The Morgan fingerprint density at radius 1 is 1.47 bits per heavy atom. The molecule has 0 aromatic carbocycles. The van der Waals surface area contributed by atoms with Crippen molar-refractivity contribution < 1.29 is 17.9 Å². The normalized spacial score (nSPS) is 18.9. The fraction of sp³-hybridized carbons (Fsp3) is 0.889. The van der Waals surface area contributed by atoms with E-state index in [-0.39, 0.29) is 0 Å². The van der Waals surface area contributed by atoms with Gasteiger partial charge >= 0.3 is 6.18 Å². The van der Waals surface area contributed by atoms with Crippen LogP contribution in [0.5, 0.6) is 0 Å². The van der Waals surface area contributed by atoms with E-state index in [0.29, 0.717) is 12.5 Å². The van der Waals surface area contributed by atoms with Crippen molar-refractivity contribution in [3.05, 3.63) is 0 Å². The molecule has 3 nitrogen and oxygen atoms in total. The van der Waals surface area contributed by atoms with Gasteiger partial charge in [-0.15, -0.1) is 0 Å². The number of nitrogens with two attached hydrogens (primary N) is 1. The maximum atomic E-state index is 12.3. The highest BCUT2D eigenvalue weighted by Crippen LogP contribution is 2.32. The summed E-state index contributed by atoms with van der Waals surface area (Å²) < 4.78 is 41.7. The van der Waals surface area contributed by atoms with Crippen LogP contribution in [0.2, 0.25) is 0 Å². The fourth-order valence-electron chi connectivity index (χ4n) is 1.22. The summed E-state index contributed by atoms with van der Waals surface area (Å²) >= 11 is 0. The van der Waals surface area contributed by atoms with Crippen LogP contribution >= 0.6 is 0 Å². The standard InChI is InChI=1S/C9H15F3N2O/c10-9(11,12)7(8(13)14)5-15-4-3-6-1-2-6/h6-7H,1-5H2,(H3,13,14). The zero-order valence-corrected chi connectivity index (χ0v) is 8.31. The molecule has 1 rings (SSSR count). The van der Waals surface area contributed by atoms with Crippen LogP contribution in [0, 0.1) is 17.2 Å². The van der Waals surface area contributed by atoms with Crippen LogP contribution in [0.4, 0.5) is 13.2 Å². The summed E-state index contributed by atoms with van der Waals surface area (Å²) in [6.45, 7) is -0.212. The molecule has 1 fully saturated rings. The summed E-state index contributed by atoms with van der Waals surface area (Å²) in [7, 11) is 0. The Balaban J connectivity index is 2.21. The zero-order valence-electron chi connectivity index (χ0n) is 8.31. The summed E-state index contributed by atoms with van der Waals surface area (Å²) in [5, 5.41) is 6.82. The molecular formula is C9H15F3N2O. The topological polar surface area (TPSA) is 59.1 Å². The molecule has 0 aliphatic heterocycles. The Kier molecular flexibility index (Phi) is 3.96. The monoisotopic (exact) mass is 224 g/mol. The molecule has 0 saturated heterocycles. The molecule has 0 radical (unpaired) electrons. The average molecular weight is 224 g/mol. The van der Waals surface area contributed by atoms with E-state index in [1.807, 2.05) is 0 Å². The van der Waals surface area contributed by atoms with Crippen LogP contribution in [-0.4, -0.2) is 25.2 Å². The first kappa shape index (κ1) is 12.3. The summed E-state index contributed by atoms with van der Waals surface area (Å²) in [5.74, 6) is -2.21. The van der Waals surface area contributed by atoms with E-state index in [9.17, 15) is 13.2 Å². The number of ether oxygens (including phenoxy) is 1. The first-order chi connectivity index (χ1) is 6.91. The number of amidine groups is 1. The van der Waals surface area contributed by atoms with E-state index < -0.39 is 24.5 Å². The highest BCUT2D eigenvalue weighted by molar-refractivity contribution is 5.80. The van der Waals surface area contributed by atoms with Gasteiger partial charge in [-0.3, -0.25) is 5.41 Å². The molecule has 15 heavy (non-hydrogen) atoms. The lowest BCUT2D eigenvalue weighted by atomic mass is 10.1. The number of alkyl halides is 3. The van der Waals surface area contributed by atoms with E-state index in [1.54, 1.807) is 0 Å². The first-order valence-electron chi connectivity index (χ1n) is 4.89. The van der Waals surface area contributed by atoms with Crippen molar-refractivity contribution in [2.75, 3.05) is 13.2 Å². The van der Waals surface area contributed by atoms with Crippen LogP contribution in [0.25, 0.3) is 0 Å². The van der Waals surface area contributed by atoms with Gasteiger partial charge in [0.15, 0.2) is 0 Å². The number of nitrogens with one attached hydrogen (secondary N) is 1. The summed E-state index contributed by atoms with van der Waals surface area (Å²) in [4.78, 5) is 0. The number of hydrogen-bond donors (Lipinski definition) is 2. The third kappa shape index (κ3) is 4.51. The van der Waals surface area contributed by atoms with E-state index in [2.05, 4.69) is 0 Å². The predicted molar refractivity (Wildman–Crippen MR) is 49.6 cm³/mol. The highest BCUT2D eigenvalue weighted by Gasteiger charge is 2.42. The molecule has 1 aliphatic rings. The largest absolute Gasteiger partial charge is 0.400 e. The van der Waals surface area contributed by atoms with Crippen molar-refractivity contribution in [2.24, 2.45) is 17.6 Å². The minimum atomic E-state index is -4.48. The summed E-state index contributed by atoms with van der Waals surface area (Å²) in [6, 6.07) is 0. The maximum Gasteiger partial charge on any atom is 0.400 e. The molecule has 0 bridgehead atoms. The van der Waals surface area contributed by atoms with Crippen molar-refractivity contribution in [2.45, 2.75) is 25.4 Å². The molecule has 1 aliphatic carbocycles. The lowest BCUT2D eigenvalue weighted by Crippen LogP contribution is -2.38. The van der Waals surface area contributed by atoms with Gasteiger partial charge in [0.2, 0.25) is 0 Å². The number of rotatable bonds is 6. The second-order valence-corrected chi connectivity index (χ2v) is 3.86. The smallest absolute Gasteiger partial charge is 0.387 e. The maximum absolute atomic E-state index is 12.3. The lowest BCUT2D eigenvalue weighted by molar-refractivity contribution is -0.168. The van der Waals surface area contributed by atoms with E-state index in [0.717, 1.165) is 19.3 Å². The van der Waals surface area contributed by atoms with Crippen molar-refractivity contribution >= 4 is 5.84 Å². The molecule has 0 heterocycles. The minimum absolute atomic E-state index is 0.324. The molecule has 0 aromatic heterocycles. The van der Waals surface area contributed by atoms with Crippen LogP contribution in [0.15, 0.2) is 0 Å². The highest BCUT2D eigenvalue weighted by atomic mass is 19.4. The van der Waals surface area contributed by atoms with Crippen molar-refractivity contribution in [1.82, 2.24) is 0 Å². The van der Waals surface area contributed by atoms with Crippen molar-refractivity contribution in [1.29, 1.82) is 5.41 Å². The predicted octanol–water partition coefficient (Wildman–Crippen LogP) is 1.92. The quantitative estimate of drug-likeness (QED) is 0.411. The van der Waals surface area contributed by atoms with E-state index in [4.69, 9.17) is 15.9 Å². The van der Waals surface area contributed by atoms with E-state index >= 15 is 0 Å². The number of halogens is 3. The molecule has 0 amide bonds. The molecule has 88 valence electrons. The third-order valence-corrected chi connectivity index (χ3v) is 2.42. The van der Waals surface area contributed by atoms with Crippen molar-refractivity contribution in [3.8, 4) is 0 Å². The molecule has 0 spiro atoms. The second kappa shape index (κ2) is 4.83. The van der Waals surface area contributed by atoms with Crippen molar-refractivity contribution in [3.63, 3.8) is 0 Å². The Morgan fingerprint density at radius 3 is 2.47 bits per heavy atom. The van der Waals surface area contributed by atoms with Crippen LogP contribution < -0.4 is 5.73 Å². The average Bonchev–Trinajstić information content (AvgIpc) is 2.84. The zero-order chi connectivity index (χ0) is 11.5. The van der Waals surface area contributed by atoms with Gasteiger partial charge in [0.25, 0.3) is 0 Å². The van der Waals surface area contributed by atoms with Crippen LogP contribution in [0.3, 0.4) is 0 Å². The molecule has 0 aromatic rings. The molecular weight excluding hydrogens is 209 g/mol. The van der Waals surface area contributed by atoms with Crippen LogP contribution in [0.1, 0.15) is 19.3 Å². The van der Waals surface area contributed by atoms with Gasteiger partial charge in [-0.1, -0.05) is 12.8 Å². The van der Waals surface area contributed by atoms with Gasteiger partial charge in [-0.05, 0) is 12.3 Å². The van der Waals surface area contributed by atoms with Gasteiger partial charge in [0.05, 0.1) is 6.61 Å². The second-order valence-electron chi connectivity index (χ2n) is 3.86. The Hall–Kier alpha value is -0.780. The Bertz CT molecular complexity index is 226. The third-order valence-electron chi connectivity index (χ3n) is 2.42.